The molecule has 0 saturated carbocycles. The number of aromatic amines is 2. The van der Waals surface area contributed by atoms with Crippen molar-refractivity contribution in [3.63, 3.8) is 0 Å². The fourth-order valence-corrected chi connectivity index (χ4v) is 7.86. The molecule has 2 aromatic heterocycles. The van der Waals surface area contributed by atoms with Crippen LogP contribution in [0.5, 0.6) is 0 Å². The molecule has 2 heterocycles. The summed E-state index contributed by atoms with van der Waals surface area (Å²) in [5.41, 5.74) is 4.82. The smallest absolute Gasteiger partial charge is 0.0612 e. The maximum Gasteiger partial charge on any atom is 0.0612 e. The Bertz CT molecular complexity index is 1380. The first kappa shape index (κ1) is 17.4. The lowest BCUT2D eigenvalue weighted by Crippen LogP contribution is -1.74. The summed E-state index contributed by atoms with van der Waals surface area (Å²) in [4.78, 5) is 9.71. The third kappa shape index (κ3) is 2.92. The van der Waals surface area contributed by atoms with Gasteiger partial charge in [0.15, 0.2) is 0 Å². The molecular weight excluding hydrogens is 412 g/mol. The number of hydrogen-bond acceptors (Lipinski definition) is 3. The quantitative estimate of drug-likeness (QED) is 0.276. The Morgan fingerprint density at radius 1 is 0.448 bits per heavy atom. The SMILES string of the molecule is c1ccc2c(c1)[nH]c1c(SSSc3cccc4c3[nH]c3ccccc34)cccc12. The normalized spacial score (nSPS) is 11.9. The van der Waals surface area contributed by atoms with Crippen molar-refractivity contribution in [2.75, 3.05) is 0 Å². The highest BCUT2D eigenvalue weighted by atomic mass is 33.5. The number of para-hydroxylation sites is 4. The lowest BCUT2D eigenvalue weighted by atomic mass is 10.1. The Labute approximate surface area is 179 Å². The van der Waals surface area contributed by atoms with E-state index in [1.54, 1.807) is 9.83 Å². The van der Waals surface area contributed by atoms with Crippen LogP contribution in [-0.4, -0.2) is 9.97 Å². The number of benzene rings is 4. The van der Waals surface area contributed by atoms with Crippen molar-refractivity contribution < 1.29 is 0 Å². The highest BCUT2D eigenvalue weighted by Gasteiger charge is 2.11. The molecule has 0 atom stereocenters. The second kappa shape index (κ2) is 7.10. The van der Waals surface area contributed by atoms with Gasteiger partial charge in [-0.1, -0.05) is 60.7 Å². The van der Waals surface area contributed by atoms with Crippen LogP contribution in [0.3, 0.4) is 0 Å². The molecule has 0 aliphatic carbocycles. The van der Waals surface area contributed by atoms with Crippen LogP contribution >= 0.6 is 31.4 Å². The fraction of sp³-hybridized carbons (Fsp3) is 0. The first-order valence-electron chi connectivity index (χ1n) is 9.38. The van der Waals surface area contributed by atoms with E-state index < -0.39 is 0 Å². The van der Waals surface area contributed by atoms with Crippen molar-refractivity contribution in [1.82, 2.24) is 9.97 Å². The minimum Gasteiger partial charge on any atom is -0.354 e. The van der Waals surface area contributed by atoms with E-state index in [1.807, 2.05) is 21.6 Å². The molecule has 0 aliphatic heterocycles. The Morgan fingerprint density at radius 3 is 1.41 bits per heavy atom. The van der Waals surface area contributed by atoms with Crippen molar-refractivity contribution in [2.45, 2.75) is 9.79 Å². The minimum absolute atomic E-state index is 1.19. The van der Waals surface area contributed by atoms with Gasteiger partial charge in [-0.15, -0.1) is 0 Å². The van der Waals surface area contributed by atoms with E-state index in [9.17, 15) is 0 Å². The number of nitrogens with one attached hydrogen (secondary N) is 2. The predicted octanol–water partition coefficient (Wildman–Crippen LogP) is 8.40. The van der Waals surface area contributed by atoms with Crippen molar-refractivity contribution in [2.24, 2.45) is 0 Å². The summed E-state index contributed by atoms with van der Waals surface area (Å²) < 4.78 is 0. The number of rotatable bonds is 4. The third-order valence-corrected chi connectivity index (χ3v) is 9.14. The maximum absolute atomic E-state index is 3.59. The van der Waals surface area contributed by atoms with E-state index in [-0.39, 0.29) is 0 Å². The average Bonchev–Trinajstić information content (AvgIpc) is 3.33. The van der Waals surface area contributed by atoms with Crippen molar-refractivity contribution in [1.29, 1.82) is 0 Å². The molecule has 4 aromatic carbocycles. The van der Waals surface area contributed by atoms with Crippen LogP contribution in [0.4, 0.5) is 0 Å². The molecular formula is C24H16N2S3. The van der Waals surface area contributed by atoms with Crippen LogP contribution in [0.2, 0.25) is 0 Å². The van der Waals surface area contributed by atoms with Gasteiger partial charge in [0.05, 0.1) is 11.0 Å². The molecule has 0 spiro atoms. The largest absolute Gasteiger partial charge is 0.354 e. The number of hydrogen-bond donors (Lipinski definition) is 2. The zero-order valence-corrected chi connectivity index (χ0v) is 17.8. The van der Waals surface area contributed by atoms with Gasteiger partial charge in [-0.05, 0) is 55.7 Å². The highest BCUT2D eigenvalue weighted by Crippen LogP contribution is 2.48. The van der Waals surface area contributed by atoms with E-state index in [0.717, 1.165) is 0 Å². The Morgan fingerprint density at radius 2 is 0.897 bits per heavy atom. The van der Waals surface area contributed by atoms with Crippen LogP contribution in [-0.2, 0) is 0 Å². The summed E-state index contributed by atoms with van der Waals surface area (Å²) in [6.45, 7) is 0. The number of fused-ring (bicyclic) bond motifs is 6. The molecule has 0 radical (unpaired) electrons. The Kier molecular flexibility index (Phi) is 4.26. The number of H-pyrrole nitrogens is 2. The van der Waals surface area contributed by atoms with Gasteiger partial charge in [0.25, 0.3) is 0 Å². The van der Waals surface area contributed by atoms with Crippen LogP contribution in [0, 0.1) is 0 Å². The second-order valence-electron chi connectivity index (χ2n) is 6.93. The molecule has 0 aliphatic rings. The van der Waals surface area contributed by atoms with Crippen molar-refractivity contribution >= 4 is 75.0 Å². The maximum atomic E-state index is 3.59. The summed E-state index contributed by atoms with van der Waals surface area (Å²) in [6.07, 6.45) is 0. The molecule has 0 amide bonds. The molecule has 2 N–H and O–H groups in total. The van der Waals surface area contributed by atoms with Crippen LogP contribution < -0.4 is 0 Å². The van der Waals surface area contributed by atoms with Gasteiger partial charge >= 0.3 is 0 Å². The first-order valence-corrected chi connectivity index (χ1v) is 12.9. The van der Waals surface area contributed by atoms with Gasteiger partial charge in [0, 0.05) is 42.4 Å². The molecule has 5 heteroatoms. The standard InChI is InChI=1S/C24H16N2S3/c1-3-11-19-15(7-1)17-9-5-13-21(23(17)25-19)27-29-28-22-14-6-10-18-16-8-2-4-12-20(16)26-24(18)22/h1-14,25-26H. The summed E-state index contributed by atoms with van der Waals surface area (Å²) in [7, 11) is 5.42. The van der Waals surface area contributed by atoms with Crippen molar-refractivity contribution in [3.8, 4) is 0 Å². The number of aromatic nitrogens is 2. The monoisotopic (exact) mass is 428 g/mol. The predicted molar refractivity (Wildman–Crippen MR) is 131 cm³/mol. The molecule has 0 unspecified atom stereocenters. The van der Waals surface area contributed by atoms with Gasteiger partial charge in [-0.2, -0.15) is 0 Å². The summed E-state index contributed by atoms with van der Waals surface area (Å²) in [5.74, 6) is 0. The topological polar surface area (TPSA) is 31.6 Å². The van der Waals surface area contributed by atoms with Crippen LogP contribution in [0.25, 0.3) is 43.6 Å². The Hall–Kier alpha value is -2.47. The molecule has 6 aromatic rings. The molecule has 0 bridgehead atoms. The molecule has 0 saturated heterocycles. The first-order chi connectivity index (χ1) is 14.4. The van der Waals surface area contributed by atoms with Gasteiger partial charge in [0.1, 0.15) is 0 Å². The lowest BCUT2D eigenvalue weighted by Gasteiger charge is -2.04. The summed E-state index contributed by atoms with van der Waals surface area (Å²) in [5, 5.41) is 5.14. The molecule has 6 rings (SSSR count). The van der Waals surface area contributed by atoms with Gasteiger partial charge in [-0.25, -0.2) is 0 Å². The van der Waals surface area contributed by atoms with Gasteiger partial charge < -0.3 is 9.97 Å². The van der Waals surface area contributed by atoms with Crippen molar-refractivity contribution in [3.05, 3.63) is 84.9 Å². The minimum atomic E-state index is 1.19. The summed E-state index contributed by atoms with van der Waals surface area (Å²) >= 11 is 0. The zero-order chi connectivity index (χ0) is 19.2. The Balaban J connectivity index is 1.32. The second-order valence-corrected chi connectivity index (χ2v) is 10.9. The lowest BCUT2D eigenvalue weighted by molar-refractivity contribution is 1.45. The van der Waals surface area contributed by atoms with E-state index in [4.69, 9.17) is 0 Å². The molecule has 0 fully saturated rings. The highest BCUT2D eigenvalue weighted by molar-refractivity contribution is 9.09. The van der Waals surface area contributed by atoms with Crippen LogP contribution in [0.15, 0.2) is 94.7 Å². The van der Waals surface area contributed by atoms with Gasteiger partial charge in [0.2, 0.25) is 0 Å². The van der Waals surface area contributed by atoms with E-state index in [2.05, 4.69) is 94.9 Å². The average molecular weight is 429 g/mol. The third-order valence-electron chi connectivity index (χ3n) is 5.25. The van der Waals surface area contributed by atoms with Crippen LogP contribution in [0.1, 0.15) is 0 Å². The van der Waals surface area contributed by atoms with E-state index in [1.165, 1.54) is 53.4 Å². The van der Waals surface area contributed by atoms with E-state index in [0.29, 0.717) is 0 Å². The fourth-order valence-electron chi connectivity index (χ4n) is 3.92. The zero-order valence-electron chi connectivity index (χ0n) is 15.3. The molecule has 2 nitrogen and oxygen atoms in total. The molecule has 29 heavy (non-hydrogen) atoms. The molecule has 140 valence electrons. The summed E-state index contributed by atoms with van der Waals surface area (Å²) in [6, 6.07) is 30.1. The van der Waals surface area contributed by atoms with Gasteiger partial charge in [-0.3, -0.25) is 0 Å². The van der Waals surface area contributed by atoms with E-state index >= 15 is 0 Å².